The van der Waals surface area contributed by atoms with Gasteiger partial charge in [0, 0.05) is 11.8 Å². The summed E-state index contributed by atoms with van der Waals surface area (Å²) < 4.78 is 20.1. The van der Waals surface area contributed by atoms with Gasteiger partial charge in [0.25, 0.3) is 0 Å². The number of para-hydroxylation sites is 1. The Morgan fingerprint density at radius 3 is 2.79 bits per heavy atom. The summed E-state index contributed by atoms with van der Waals surface area (Å²) in [6.45, 7) is 0. The second-order valence-corrected chi connectivity index (χ2v) is 4.12. The van der Waals surface area contributed by atoms with E-state index in [-0.39, 0.29) is 5.82 Å². The van der Waals surface area contributed by atoms with Gasteiger partial charge >= 0.3 is 0 Å². The predicted molar refractivity (Wildman–Crippen MR) is 71.6 cm³/mol. The van der Waals surface area contributed by atoms with Crippen molar-refractivity contribution in [2.45, 2.75) is 0 Å². The zero-order valence-electron chi connectivity index (χ0n) is 10.3. The zero-order chi connectivity index (χ0) is 13.4. The maximum Gasteiger partial charge on any atom is 0.140 e. The molecule has 2 heterocycles. The maximum absolute atomic E-state index is 13.2. The quantitative estimate of drug-likeness (QED) is 0.768. The van der Waals surface area contributed by atoms with Crippen LogP contribution >= 0.6 is 0 Å². The highest BCUT2D eigenvalue weighted by molar-refractivity contribution is 5.78. The number of fused-ring (bicyclic) bond motifs is 1. The van der Waals surface area contributed by atoms with Gasteiger partial charge in [-0.15, -0.1) is 0 Å². The summed E-state index contributed by atoms with van der Waals surface area (Å²) in [5.74, 6) is 0.709. The minimum atomic E-state index is -0.358. The van der Waals surface area contributed by atoms with Gasteiger partial charge in [-0.3, -0.25) is 4.40 Å². The van der Waals surface area contributed by atoms with E-state index in [1.807, 2.05) is 24.3 Å². The van der Waals surface area contributed by atoms with Crippen molar-refractivity contribution in [3.8, 4) is 17.0 Å². The van der Waals surface area contributed by atoms with E-state index in [0.717, 1.165) is 5.56 Å². The van der Waals surface area contributed by atoms with Crippen LogP contribution in [-0.2, 0) is 0 Å². The standard InChI is InChI=1S/C14H12FN3O/c1-19-11-5-3-2-4-10(11)13-14(16)18-8-9(15)6-7-12(18)17-13/h2-8H,16H2,1H3. The predicted octanol–water partition coefficient (Wildman–Crippen LogP) is 2.73. The first-order valence-electron chi connectivity index (χ1n) is 5.77. The van der Waals surface area contributed by atoms with Gasteiger partial charge < -0.3 is 10.5 Å². The Bertz CT molecular complexity index is 752. The number of ether oxygens (including phenoxy) is 1. The van der Waals surface area contributed by atoms with Crippen molar-refractivity contribution in [1.29, 1.82) is 0 Å². The number of imidazole rings is 1. The van der Waals surface area contributed by atoms with E-state index >= 15 is 0 Å². The highest BCUT2D eigenvalue weighted by atomic mass is 19.1. The second kappa shape index (κ2) is 4.28. The minimum absolute atomic E-state index is 0.358. The number of methoxy groups -OCH3 is 1. The van der Waals surface area contributed by atoms with Crippen LogP contribution in [-0.4, -0.2) is 16.5 Å². The van der Waals surface area contributed by atoms with Gasteiger partial charge in [0.15, 0.2) is 0 Å². The number of aromatic nitrogens is 2. The molecule has 19 heavy (non-hydrogen) atoms. The van der Waals surface area contributed by atoms with Crippen LogP contribution in [0, 0.1) is 5.82 Å². The van der Waals surface area contributed by atoms with Gasteiger partial charge in [-0.2, -0.15) is 0 Å². The number of anilines is 1. The fourth-order valence-corrected chi connectivity index (χ4v) is 2.08. The van der Waals surface area contributed by atoms with Crippen molar-refractivity contribution in [3.63, 3.8) is 0 Å². The van der Waals surface area contributed by atoms with E-state index in [9.17, 15) is 4.39 Å². The van der Waals surface area contributed by atoms with Crippen molar-refractivity contribution in [1.82, 2.24) is 9.38 Å². The Hall–Kier alpha value is -2.56. The van der Waals surface area contributed by atoms with Crippen molar-refractivity contribution in [2.75, 3.05) is 12.8 Å². The molecule has 96 valence electrons. The number of rotatable bonds is 2. The van der Waals surface area contributed by atoms with Crippen molar-refractivity contribution in [3.05, 3.63) is 48.4 Å². The summed E-state index contributed by atoms with van der Waals surface area (Å²) in [7, 11) is 1.59. The molecule has 0 aliphatic rings. The largest absolute Gasteiger partial charge is 0.496 e. The van der Waals surface area contributed by atoms with Crippen LogP contribution in [0.5, 0.6) is 5.75 Å². The summed E-state index contributed by atoms with van der Waals surface area (Å²) in [6.07, 6.45) is 1.32. The van der Waals surface area contributed by atoms with Gasteiger partial charge in [-0.1, -0.05) is 12.1 Å². The number of hydrogen-bond acceptors (Lipinski definition) is 3. The first-order valence-corrected chi connectivity index (χ1v) is 5.77. The first-order chi connectivity index (χ1) is 9.20. The number of pyridine rings is 1. The van der Waals surface area contributed by atoms with Gasteiger partial charge in [0.2, 0.25) is 0 Å². The highest BCUT2D eigenvalue weighted by Gasteiger charge is 2.15. The second-order valence-electron chi connectivity index (χ2n) is 4.12. The van der Waals surface area contributed by atoms with Crippen LogP contribution in [0.2, 0.25) is 0 Å². The number of nitrogen functional groups attached to an aromatic ring is 1. The van der Waals surface area contributed by atoms with Crippen LogP contribution in [0.15, 0.2) is 42.6 Å². The molecular weight excluding hydrogens is 245 g/mol. The molecule has 0 aliphatic carbocycles. The number of benzene rings is 1. The molecule has 0 fully saturated rings. The summed E-state index contributed by atoms with van der Waals surface area (Å²) in [4.78, 5) is 4.42. The Balaban J connectivity index is 2.28. The molecule has 0 amide bonds. The molecule has 0 saturated heterocycles. The molecule has 0 saturated carbocycles. The molecule has 4 nitrogen and oxygen atoms in total. The average molecular weight is 257 g/mol. The van der Waals surface area contributed by atoms with E-state index in [1.54, 1.807) is 13.2 Å². The molecule has 3 rings (SSSR count). The zero-order valence-corrected chi connectivity index (χ0v) is 10.3. The third kappa shape index (κ3) is 1.79. The maximum atomic E-state index is 13.2. The topological polar surface area (TPSA) is 52.5 Å². The lowest BCUT2D eigenvalue weighted by Gasteiger charge is -2.06. The summed E-state index contributed by atoms with van der Waals surface area (Å²) in [5, 5.41) is 0. The average Bonchev–Trinajstić information content (AvgIpc) is 2.76. The summed E-state index contributed by atoms with van der Waals surface area (Å²) >= 11 is 0. The molecule has 2 N–H and O–H groups in total. The van der Waals surface area contributed by atoms with Crippen molar-refractivity contribution < 1.29 is 9.13 Å². The third-order valence-electron chi connectivity index (χ3n) is 2.98. The van der Waals surface area contributed by atoms with Crippen LogP contribution in [0.25, 0.3) is 16.9 Å². The lowest BCUT2D eigenvalue weighted by molar-refractivity contribution is 0.416. The van der Waals surface area contributed by atoms with E-state index in [1.165, 1.54) is 16.7 Å². The van der Waals surface area contributed by atoms with Crippen LogP contribution < -0.4 is 10.5 Å². The fraction of sp³-hybridized carbons (Fsp3) is 0.0714. The van der Waals surface area contributed by atoms with E-state index in [2.05, 4.69) is 4.98 Å². The monoisotopic (exact) mass is 257 g/mol. The smallest absolute Gasteiger partial charge is 0.140 e. The van der Waals surface area contributed by atoms with Gasteiger partial charge in [0.05, 0.1) is 7.11 Å². The number of hydrogen-bond donors (Lipinski definition) is 1. The Morgan fingerprint density at radius 2 is 2.00 bits per heavy atom. The third-order valence-corrected chi connectivity index (χ3v) is 2.98. The lowest BCUT2D eigenvalue weighted by atomic mass is 10.1. The molecule has 0 atom stereocenters. The number of nitrogens with zero attached hydrogens (tertiary/aromatic N) is 2. The molecule has 0 aliphatic heterocycles. The van der Waals surface area contributed by atoms with Crippen LogP contribution in [0.3, 0.4) is 0 Å². The van der Waals surface area contributed by atoms with Crippen LogP contribution in [0.1, 0.15) is 0 Å². The molecule has 0 radical (unpaired) electrons. The van der Waals surface area contributed by atoms with Crippen molar-refractivity contribution in [2.24, 2.45) is 0 Å². The van der Waals surface area contributed by atoms with Gasteiger partial charge in [0.1, 0.15) is 28.7 Å². The normalized spacial score (nSPS) is 10.8. The first kappa shape index (κ1) is 11.5. The minimum Gasteiger partial charge on any atom is -0.496 e. The molecule has 5 heteroatoms. The highest BCUT2D eigenvalue weighted by Crippen LogP contribution is 2.33. The SMILES string of the molecule is COc1ccccc1-c1nc2ccc(F)cn2c1N. The van der Waals surface area contributed by atoms with Crippen molar-refractivity contribution >= 4 is 11.5 Å². The molecule has 0 bridgehead atoms. The molecule has 0 spiro atoms. The lowest BCUT2D eigenvalue weighted by Crippen LogP contribution is -1.95. The Kier molecular flexibility index (Phi) is 2.59. The fourth-order valence-electron chi connectivity index (χ4n) is 2.08. The summed E-state index contributed by atoms with van der Waals surface area (Å²) in [6, 6.07) is 10.4. The van der Waals surface area contributed by atoms with Gasteiger partial charge in [-0.05, 0) is 24.3 Å². The van der Waals surface area contributed by atoms with Crippen LogP contribution in [0.4, 0.5) is 10.2 Å². The Morgan fingerprint density at radius 1 is 1.21 bits per heavy atom. The molecule has 3 aromatic rings. The molecule has 1 aromatic carbocycles. The van der Waals surface area contributed by atoms with E-state index in [4.69, 9.17) is 10.5 Å². The van der Waals surface area contributed by atoms with E-state index in [0.29, 0.717) is 22.9 Å². The summed E-state index contributed by atoms with van der Waals surface area (Å²) in [5.41, 5.74) is 8.01. The molecule has 2 aromatic heterocycles. The van der Waals surface area contributed by atoms with E-state index < -0.39 is 0 Å². The van der Waals surface area contributed by atoms with Gasteiger partial charge in [-0.25, -0.2) is 9.37 Å². The molecule has 0 unspecified atom stereocenters. The Labute approximate surface area is 109 Å². The number of halogens is 1. The molecular formula is C14H12FN3O. The number of nitrogens with two attached hydrogens (primary N) is 1.